The number of imidazole rings is 1. The van der Waals surface area contributed by atoms with Crippen LogP contribution in [0.2, 0.25) is 0 Å². The summed E-state index contributed by atoms with van der Waals surface area (Å²) in [5.74, 6) is 0.122. The zero-order valence-electron chi connectivity index (χ0n) is 14.0. The second-order valence-corrected chi connectivity index (χ2v) is 7.78. The zero-order valence-corrected chi connectivity index (χ0v) is 14.9. The van der Waals surface area contributed by atoms with Crippen molar-refractivity contribution < 1.29 is 13.2 Å². The van der Waals surface area contributed by atoms with Crippen molar-refractivity contribution in [2.24, 2.45) is 0 Å². The number of hydrogen-bond donors (Lipinski definition) is 2. The summed E-state index contributed by atoms with van der Waals surface area (Å²) in [6, 6.07) is 14.2. The number of nitrogens with zero attached hydrogens (tertiary/aromatic N) is 1. The minimum absolute atomic E-state index is 0.0531. The molecule has 0 saturated heterocycles. The van der Waals surface area contributed by atoms with Gasteiger partial charge in [-0.3, -0.25) is 9.52 Å². The van der Waals surface area contributed by atoms with Gasteiger partial charge < -0.3 is 4.98 Å². The van der Waals surface area contributed by atoms with E-state index in [0.717, 1.165) is 34.0 Å². The van der Waals surface area contributed by atoms with E-state index in [1.54, 1.807) is 0 Å². The Morgan fingerprint density at radius 1 is 1.16 bits per heavy atom. The fourth-order valence-electron chi connectivity index (χ4n) is 2.75. The summed E-state index contributed by atoms with van der Waals surface area (Å²) < 4.78 is 24.1. The van der Waals surface area contributed by atoms with Crippen LogP contribution in [0.1, 0.15) is 17.8 Å². The van der Waals surface area contributed by atoms with E-state index in [0.29, 0.717) is 12.2 Å². The van der Waals surface area contributed by atoms with Gasteiger partial charge in [-0.1, -0.05) is 30.3 Å². The van der Waals surface area contributed by atoms with Gasteiger partial charge in [-0.25, -0.2) is 13.4 Å². The number of fused-ring (bicyclic) bond motifs is 1. The Labute approximate surface area is 146 Å². The molecule has 2 N–H and O–H groups in total. The largest absolute Gasteiger partial charge is 0.342 e. The van der Waals surface area contributed by atoms with Crippen molar-refractivity contribution in [1.29, 1.82) is 0 Å². The normalized spacial score (nSPS) is 11.6. The Morgan fingerprint density at radius 3 is 2.56 bits per heavy atom. The summed E-state index contributed by atoms with van der Waals surface area (Å²) >= 11 is 0. The molecule has 0 radical (unpaired) electrons. The molecule has 0 aliphatic carbocycles. The molecule has 130 valence electrons. The molecule has 0 unspecified atom stereocenters. The number of sulfonamides is 1. The summed E-state index contributed by atoms with van der Waals surface area (Å²) in [5.41, 5.74) is 5.02. The van der Waals surface area contributed by atoms with Crippen LogP contribution in [0.15, 0.2) is 42.5 Å². The predicted octanol–water partition coefficient (Wildman–Crippen LogP) is 2.55. The van der Waals surface area contributed by atoms with Crippen molar-refractivity contribution in [3.8, 4) is 11.1 Å². The van der Waals surface area contributed by atoms with Crippen LogP contribution >= 0.6 is 0 Å². The fourth-order valence-corrected chi connectivity index (χ4v) is 3.26. The van der Waals surface area contributed by atoms with Crippen molar-refractivity contribution in [2.45, 2.75) is 19.8 Å². The number of aryl methyl sites for hydroxylation is 2. The highest BCUT2D eigenvalue weighted by Gasteiger charge is 2.12. The third kappa shape index (κ3) is 4.24. The van der Waals surface area contributed by atoms with Gasteiger partial charge in [-0.15, -0.1) is 0 Å². The maximum Gasteiger partial charge on any atom is 0.233 e. The summed E-state index contributed by atoms with van der Waals surface area (Å²) in [6.07, 6.45) is 1.36. The van der Waals surface area contributed by atoms with Gasteiger partial charge in [0.25, 0.3) is 0 Å². The monoisotopic (exact) mass is 357 g/mol. The summed E-state index contributed by atoms with van der Waals surface area (Å²) in [5, 5.41) is 0. The van der Waals surface area contributed by atoms with Crippen molar-refractivity contribution >= 4 is 27.0 Å². The molecule has 7 heteroatoms. The third-order valence-corrected chi connectivity index (χ3v) is 4.42. The number of nitrogens with one attached hydrogen (secondary N) is 2. The molecule has 0 bridgehead atoms. The number of carbonyl (C=O) groups is 1. The van der Waals surface area contributed by atoms with Gasteiger partial charge in [0.2, 0.25) is 15.9 Å². The Kier molecular flexibility index (Phi) is 4.59. The van der Waals surface area contributed by atoms with E-state index in [4.69, 9.17) is 0 Å². The zero-order chi connectivity index (χ0) is 18.0. The number of carbonyl (C=O) groups excluding carboxylic acids is 1. The SMILES string of the molecule is Cc1cc(-c2ccccc2)cc2[nH]c(CCC(=O)NS(C)(=O)=O)nc12. The van der Waals surface area contributed by atoms with E-state index in [9.17, 15) is 13.2 Å². The van der Waals surface area contributed by atoms with Crippen molar-refractivity contribution in [3.63, 3.8) is 0 Å². The summed E-state index contributed by atoms with van der Waals surface area (Å²) in [6.45, 7) is 2.00. The molecular weight excluding hydrogens is 338 g/mol. The summed E-state index contributed by atoms with van der Waals surface area (Å²) in [4.78, 5) is 19.4. The smallest absolute Gasteiger partial charge is 0.233 e. The molecule has 0 fully saturated rings. The van der Waals surface area contributed by atoms with E-state index in [1.807, 2.05) is 48.0 Å². The second-order valence-electron chi connectivity index (χ2n) is 6.04. The standard InChI is InChI=1S/C18H19N3O3S/c1-12-10-14(13-6-4-3-5-7-13)11-15-18(12)20-16(19-15)8-9-17(22)21-25(2,23)24/h3-7,10-11H,8-9H2,1-2H3,(H,19,20)(H,21,22). The average Bonchev–Trinajstić information content (AvgIpc) is 2.96. The minimum Gasteiger partial charge on any atom is -0.342 e. The molecule has 0 spiro atoms. The van der Waals surface area contributed by atoms with Gasteiger partial charge >= 0.3 is 0 Å². The average molecular weight is 357 g/mol. The fraction of sp³-hybridized carbons (Fsp3) is 0.222. The van der Waals surface area contributed by atoms with Crippen LogP contribution in [0.25, 0.3) is 22.2 Å². The molecule has 0 aliphatic heterocycles. The molecule has 0 saturated carbocycles. The maximum absolute atomic E-state index is 11.6. The molecule has 3 rings (SSSR count). The highest BCUT2D eigenvalue weighted by molar-refractivity contribution is 7.89. The molecule has 1 heterocycles. The predicted molar refractivity (Wildman–Crippen MR) is 97.6 cm³/mol. The van der Waals surface area contributed by atoms with Gasteiger partial charge in [0.15, 0.2) is 0 Å². The van der Waals surface area contributed by atoms with E-state index < -0.39 is 15.9 Å². The van der Waals surface area contributed by atoms with E-state index in [1.165, 1.54) is 0 Å². The number of rotatable bonds is 5. The molecule has 3 aromatic rings. The highest BCUT2D eigenvalue weighted by Crippen LogP contribution is 2.26. The van der Waals surface area contributed by atoms with Crippen molar-refractivity contribution in [3.05, 3.63) is 53.9 Å². The number of benzene rings is 2. The molecule has 6 nitrogen and oxygen atoms in total. The van der Waals surface area contributed by atoms with Crippen molar-refractivity contribution in [2.75, 3.05) is 6.26 Å². The number of aromatic amines is 1. The van der Waals surface area contributed by atoms with Crippen LogP contribution < -0.4 is 4.72 Å². The highest BCUT2D eigenvalue weighted by atomic mass is 32.2. The number of H-pyrrole nitrogens is 1. The lowest BCUT2D eigenvalue weighted by Crippen LogP contribution is -2.29. The maximum atomic E-state index is 11.6. The molecule has 0 aliphatic rings. The summed E-state index contributed by atoms with van der Waals surface area (Å²) in [7, 11) is -3.53. The molecule has 0 atom stereocenters. The first-order valence-electron chi connectivity index (χ1n) is 7.87. The lowest BCUT2D eigenvalue weighted by Gasteiger charge is -2.03. The van der Waals surface area contributed by atoms with Crippen LogP contribution in [-0.2, 0) is 21.2 Å². The number of aromatic nitrogens is 2. The van der Waals surface area contributed by atoms with Gasteiger partial charge in [-0.2, -0.15) is 0 Å². The molecule has 25 heavy (non-hydrogen) atoms. The lowest BCUT2D eigenvalue weighted by atomic mass is 10.0. The number of hydrogen-bond acceptors (Lipinski definition) is 4. The Balaban J connectivity index is 1.83. The van der Waals surface area contributed by atoms with Crippen LogP contribution in [0.4, 0.5) is 0 Å². The van der Waals surface area contributed by atoms with Crippen LogP contribution in [0.5, 0.6) is 0 Å². The van der Waals surface area contributed by atoms with Crippen LogP contribution in [0, 0.1) is 6.92 Å². The van der Waals surface area contributed by atoms with Gasteiger partial charge in [-0.05, 0) is 35.7 Å². The first-order chi connectivity index (χ1) is 11.8. The van der Waals surface area contributed by atoms with Crippen LogP contribution in [0.3, 0.4) is 0 Å². The van der Waals surface area contributed by atoms with Gasteiger partial charge in [0.1, 0.15) is 5.82 Å². The minimum atomic E-state index is -3.53. The first kappa shape index (κ1) is 17.2. The second kappa shape index (κ2) is 6.68. The lowest BCUT2D eigenvalue weighted by molar-refractivity contribution is -0.119. The van der Waals surface area contributed by atoms with Crippen molar-refractivity contribution in [1.82, 2.24) is 14.7 Å². The quantitative estimate of drug-likeness (QED) is 0.734. The van der Waals surface area contributed by atoms with Crippen LogP contribution in [-0.4, -0.2) is 30.5 Å². The molecule has 2 aromatic carbocycles. The van der Waals surface area contributed by atoms with Gasteiger partial charge in [0.05, 0.1) is 17.3 Å². The topological polar surface area (TPSA) is 91.9 Å². The molecule has 1 amide bonds. The molecule has 1 aromatic heterocycles. The Hall–Kier alpha value is -2.67. The molecular formula is C18H19N3O3S. The van der Waals surface area contributed by atoms with E-state index >= 15 is 0 Å². The van der Waals surface area contributed by atoms with E-state index in [2.05, 4.69) is 16.0 Å². The first-order valence-corrected chi connectivity index (χ1v) is 9.76. The Morgan fingerprint density at radius 2 is 1.88 bits per heavy atom. The number of amides is 1. The Bertz CT molecular complexity index is 1020. The van der Waals surface area contributed by atoms with E-state index in [-0.39, 0.29) is 6.42 Å². The van der Waals surface area contributed by atoms with Gasteiger partial charge in [0, 0.05) is 12.8 Å². The third-order valence-electron chi connectivity index (χ3n) is 3.82.